The molecule has 1 fully saturated rings. The number of pyridine rings is 1. The van der Waals surface area contributed by atoms with Gasteiger partial charge in [0.1, 0.15) is 30.2 Å². The first kappa shape index (κ1) is 16.1. The topological polar surface area (TPSA) is 132 Å². The first-order chi connectivity index (χ1) is 9.93. The Morgan fingerprint density at radius 2 is 1.95 bits per heavy atom. The number of nitrogens with zero attached hydrogens (tertiary/aromatic N) is 1. The van der Waals surface area contributed by atoms with Crippen molar-refractivity contribution in [2.75, 3.05) is 6.61 Å². The predicted molar refractivity (Wildman–Crippen MR) is 69.2 cm³/mol. The van der Waals surface area contributed by atoms with Crippen LogP contribution in [-0.4, -0.2) is 67.8 Å². The molecule has 0 aromatic carbocycles. The summed E-state index contributed by atoms with van der Waals surface area (Å²) in [5.74, 6) is 0.0184. The summed E-state index contributed by atoms with van der Waals surface area (Å²) in [6.07, 6.45) is -5.07. The van der Waals surface area contributed by atoms with Crippen molar-refractivity contribution >= 4 is 0 Å². The fourth-order valence-electron chi connectivity index (χ4n) is 2.03. The maximum absolute atomic E-state index is 9.79. The van der Waals surface area contributed by atoms with E-state index in [-0.39, 0.29) is 12.4 Å². The van der Waals surface area contributed by atoms with Crippen molar-refractivity contribution in [3.8, 4) is 5.75 Å². The number of aromatic hydroxyl groups is 1. The van der Waals surface area contributed by atoms with Gasteiger partial charge in [-0.2, -0.15) is 0 Å². The Kier molecular flexibility index (Phi) is 5.09. The molecule has 8 heteroatoms. The van der Waals surface area contributed by atoms with Crippen LogP contribution in [0.2, 0.25) is 0 Å². The second kappa shape index (κ2) is 6.65. The second-order valence-corrected chi connectivity index (χ2v) is 4.96. The minimum Gasteiger partial charge on any atom is -0.506 e. The van der Waals surface area contributed by atoms with E-state index < -0.39 is 37.3 Å². The molecule has 5 atom stereocenters. The minimum atomic E-state index is -1.48. The summed E-state index contributed by atoms with van der Waals surface area (Å²) in [6, 6.07) is 1.46. The van der Waals surface area contributed by atoms with Crippen LogP contribution >= 0.6 is 0 Å². The van der Waals surface area contributed by atoms with Crippen LogP contribution in [0.25, 0.3) is 0 Å². The number of aliphatic hydroxyl groups is 4. The fourth-order valence-corrected chi connectivity index (χ4v) is 2.03. The molecule has 0 saturated carbocycles. The third kappa shape index (κ3) is 3.49. The van der Waals surface area contributed by atoms with Gasteiger partial charge in [-0.15, -0.1) is 0 Å². The lowest BCUT2D eigenvalue weighted by Gasteiger charge is -2.39. The summed E-state index contributed by atoms with van der Waals surface area (Å²) in [7, 11) is 0. The Balaban J connectivity index is 1.99. The fraction of sp³-hybridized carbons (Fsp3) is 0.615. The Morgan fingerprint density at radius 1 is 1.24 bits per heavy atom. The highest BCUT2D eigenvalue weighted by Gasteiger charge is 2.43. The zero-order valence-corrected chi connectivity index (χ0v) is 11.5. The Bertz CT molecular complexity index is 482. The molecule has 8 nitrogen and oxygen atoms in total. The van der Waals surface area contributed by atoms with E-state index in [0.717, 1.165) is 0 Å². The third-order valence-corrected chi connectivity index (χ3v) is 3.38. The van der Waals surface area contributed by atoms with E-state index in [1.54, 1.807) is 6.92 Å². The minimum absolute atomic E-state index is 0.0184. The molecule has 118 valence electrons. The van der Waals surface area contributed by atoms with Gasteiger partial charge in [0.2, 0.25) is 0 Å². The first-order valence-electron chi connectivity index (χ1n) is 6.50. The van der Waals surface area contributed by atoms with E-state index in [4.69, 9.17) is 14.6 Å². The van der Waals surface area contributed by atoms with Crippen molar-refractivity contribution in [1.29, 1.82) is 0 Å². The number of aliphatic hydroxyl groups excluding tert-OH is 4. The van der Waals surface area contributed by atoms with Gasteiger partial charge in [0, 0.05) is 6.20 Å². The molecule has 1 saturated heterocycles. The van der Waals surface area contributed by atoms with Crippen molar-refractivity contribution in [2.45, 2.75) is 44.2 Å². The monoisotopic (exact) mass is 301 g/mol. The molecule has 1 aliphatic rings. The number of rotatable bonds is 4. The maximum Gasteiger partial charge on any atom is 0.187 e. The van der Waals surface area contributed by atoms with Crippen LogP contribution in [0.4, 0.5) is 0 Å². The van der Waals surface area contributed by atoms with E-state index in [0.29, 0.717) is 11.3 Å². The standard InChI is InChI=1S/C13H19NO7/c1-6-8(16)2-7(3-14-6)5-20-13-12(19)11(18)10(17)9(4-15)21-13/h2-3,9-13,15-19H,4-5H2,1H3/t9-,10-,11+,12-,13+/m1/s1. The van der Waals surface area contributed by atoms with Crippen LogP contribution in [0.1, 0.15) is 11.3 Å². The quantitative estimate of drug-likeness (QED) is 0.450. The average molecular weight is 301 g/mol. The van der Waals surface area contributed by atoms with E-state index in [1.807, 2.05) is 0 Å². The summed E-state index contributed by atoms with van der Waals surface area (Å²) in [4.78, 5) is 3.96. The molecule has 1 aromatic rings. The largest absolute Gasteiger partial charge is 0.506 e. The lowest BCUT2D eigenvalue weighted by atomic mass is 9.99. The van der Waals surface area contributed by atoms with Crippen LogP contribution < -0.4 is 0 Å². The van der Waals surface area contributed by atoms with Crippen molar-refractivity contribution in [1.82, 2.24) is 4.98 Å². The molecule has 0 bridgehead atoms. The molecule has 5 N–H and O–H groups in total. The normalized spacial score (nSPS) is 33.1. The third-order valence-electron chi connectivity index (χ3n) is 3.38. The molecule has 0 radical (unpaired) electrons. The number of ether oxygens (including phenoxy) is 2. The van der Waals surface area contributed by atoms with Crippen molar-refractivity contribution < 1.29 is 35.0 Å². The molecule has 1 aromatic heterocycles. The first-order valence-corrected chi connectivity index (χ1v) is 6.50. The average Bonchev–Trinajstić information content (AvgIpc) is 2.47. The lowest BCUT2D eigenvalue weighted by Crippen LogP contribution is -2.59. The van der Waals surface area contributed by atoms with Gasteiger partial charge >= 0.3 is 0 Å². The molecule has 1 aliphatic heterocycles. The van der Waals surface area contributed by atoms with Crippen LogP contribution in [0, 0.1) is 6.92 Å². The van der Waals surface area contributed by atoms with E-state index in [1.165, 1.54) is 12.3 Å². The number of aryl methyl sites for hydroxylation is 1. The number of aromatic nitrogens is 1. The van der Waals surface area contributed by atoms with Crippen molar-refractivity contribution in [2.24, 2.45) is 0 Å². The number of hydrogen-bond donors (Lipinski definition) is 5. The highest BCUT2D eigenvalue weighted by Crippen LogP contribution is 2.23. The SMILES string of the molecule is Cc1ncc(CO[C@H]2O[C@H](CO)[C@@H](O)[C@H](O)[C@H]2O)cc1O. The molecule has 2 heterocycles. The molecular formula is C13H19NO7. The van der Waals surface area contributed by atoms with Crippen LogP contribution in [0.15, 0.2) is 12.3 Å². The summed E-state index contributed by atoms with van der Waals surface area (Å²) >= 11 is 0. The van der Waals surface area contributed by atoms with Gasteiger partial charge < -0.3 is 35.0 Å². The van der Waals surface area contributed by atoms with E-state index >= 15 is 0 Å². The van der Waals surface area contributed by atoms with Crippen molar-refractivity contribution in [3.05, 3.63) is 23.5 Å². The van der Waals surface area contributed by atoms with Gasteiger partial charge in [0.25, 0.3) is 0 Å². The van der Waals surface area contributed by atoms with Crippen molar-refractivity contribution in [3.63, 3.8) is 0 Å². The summed E-state index contributed by atoms with van der Waals surface area (Å²) in [6.45, 7) is 1.11. The smallest absolute Gasteiger partial charge is 0.187 e. The summed E-state index contributed by atoms with van der Waals surface area (Å²) in [5, 5.41) is 47.6. The van der Waals surface area contributed by atoms with Crippen LogP contribution in [-0.2, 0) is 16.1 Å². The zero-order valence-electron chi connectivity index (χ0n) is 11.5. The maximum atomic E-state index is 9.79. The Morgan fingerprint density at radius 3 is 2.57 bits per heavy atom. The van der Waals surface area contributed by atoms with Gasteiger partial charge in [-0.05, 0) is 18.6 Å². The zero-order chi connectivity index (χ0) is 15.6. The van der Waals surface area contributed by atoms with Gasteiger partial charge in [-0.25, -0.2) is 0 Å². The van der Waals surface area contributed by atoms with E-state index in [2.05, 4.69) is 4.98 Å². The summed E-state index contributed by atoms with van der Waals surface area (Å²) in [5.41, 5.74) is 1.03. The molecule has 0 unspecified atom stereocenters. The Hall–Kier alpha value is -1.29. The van der Waals surface area contributed by atoms with Gasteiger partial charge in [0.15, 0.2) is 6.29 Å². The molecule has 0 spiro atoms. The highest BCUT2D eigenvalue weighted by molar-refractivity contribution is 5.28. The van der Waals surface area contributed by atoms with Gasteiger partial charge in [-0.1, -0.05) is 0 Å². The molecule has 2 rings (SSSR count). The van der Waals surface area contributed by atoms with Crippen LogP contribution in [0.5, 0.6) is 5.75 Å². The van der Waals surface area contributed by atoms with Gasteiger partial charge in [0.05, 0.1) is 18.9 Å². The number of hydrogen-bond acceptors (Lipinski definition) is 8. The predicted octanol–water partition coefficient (Wildman–Crippen LogP) is -1.59. The lowest BCUT2D eigenvalue weighted by molar-refractivity contribution is -0.304. The highest BCUT2D eigenvalue weighted by atomic mass is 16.7. The van der Waals surface area contributed by atoms with Crippen LogP contribution in [0.3, 0.4) is 0 Å². The summed E-state index contributed by atoms with van der Waals surface area (Å²) < 4.78 is 10.5. The van der Waals surface area contributed by atoms with Gasteiger partial charge in [-0.3, -0.25) is 4.98 Å². The molecule has 0 amide bonds. The molecular weight excluding hydrogens is 282 g/mol. The molecule has 21 heavy (non-hydrogen) atoms. The van der Waals surface area contributed by atoms with E-state index in [9.17, 15) is 20.4 Å². The Labute approximate surface area is 121 Å². The second-order valence-electron chi connectivity index (χ2n) is 4.96. The molecule has 0 aliphatic carbocycles.